The first kappa shape index (κ1) is 13.9. The van der Waals surface area contributed by atoms with Crippen LogP contribution < -0.4 is 5.56 Å². The van der Waals surface area contributed by atoms with Crippen molar-refractivity contribution >= 4 is 57.0 Å². The van der Waals surface area contributed by atoms with Crippen molar-refractivity contribution in [3.63, 3.8) is 0 Å². The van der Waals surface area contributed by atoms with E-state index in [2.05, 4.69) is 4.98 Å². The predicted octanol–water partition coefficient (Wildman–Crippen LogP) is 4.47. The van der Waals surface area contributed by atoms with Gasteiger partial charge in [0.25, 0.3) is 5.56 Å². The Morgan fingerprint density at radius 3 is 2.70 bits per heavy atom. The predicted molar refractivity (Wildman–Crippen MR) is 84.5 cm³/mol. The van der Waals surface area contributed by atoms with Crippen LogP contribution in [0, 0.1) is 0 Å². The molecule has 0 aliphatic heterocycles. The minimum absolute atomic E-state index is 0.177. The van der Waals surface area contributed by atoms with Crippen LogP contribution in [-0.4, -0.2) is 9.55 Å². The van der Waals surface area contributed by atoms with Crippen LogP contribution in [0.2, 0.25) is 14.4 Å². The number of aromatic nitrogens is 2. The summed E-state index contributed by atoms with van der Waals surface area (Å²) in [7, 11) is 0. The van der Waals surface area contributed by atoms with Crippen molar-refractivity contribution in [3.05, 3.63) is 60.2 Å². The van der Waals surface area contributed by atoms with Gasteiger partial charge >= 0.3 is 0 Å². The highest BCUT2D eigenvalue weighted by Gasteiger charge is 2.10. The lowest BCUT2D eigenvalue weighted by Gasteiger charge is -2.06. The SMILES string of the molecule is O=c1c2cc(Cl)cc(Cl)c2ncn1Cc1ccc(Cl)s1. The average molecular weight is 346 g/mol. The topological polar surface area (TPSA) is 34.9 Å². The molecule has 0 atom stereocenters. The molecule has 0 N–H and O–H groups in total. The highest BCUT2D eigenvalue weighted by Crippen LogP contribution is 2.25. The molecular formula is C13H7Cl3N2OS. The lowest BCUT2D eigenvalue weighted by molar-refractivity contribution is 0.758. The van der Waals surface area contributed by atoms with Gasteiger partial charge in [0.05, 0.1) is 33.1 Å². The van der Waals surface area contributed by atoms with Gasteiger partial charge in [-0.3, -0.25) is 9.36 Å². The number of fused-ring (bicyclic) bond motifs is 1. The summed E-state index contributed by atoms with van der Waals surface area (Å²) in [6, 6.07) is 6.83. The Kier molecular flexibility index (Phi) is 3.73. The Labute approximate surface area is 133 Å². The van der Waals surface area contributed by atoms with Crippen molar-refractivity contribution in [1.82, 2.24) is 9.55 Å². The van der Waals surface area contributed by atoms with Gasteiger partial charge in [-0.05, 0) is 24.3 Å². The number of thiophene rings is 1. The second-order valence-electron chi connectivity index (χ2n) is 4.17. The highest BCUT2D eigenvalue weighted by atomic mass is 35.5. The minimum atomic E-state index is -0.177. The van der Waals surface area contributed by atoms with Gasteiger partial charge in [-0.25, -0.2) is 4.98 Å². The third-order valence-electron chi connectivity index (χ3n) is 2.80. The molecule has 0 saturated heterocycles. The smallest absolute Gasteiger partial charge is 0.261 e. The summed E-state index contributed by atoms with van der Waals surface area (Å²) in [4.78, 5) is 17.6. The van der Waals surface area contributed by atoms with Crippen molar-refractivity contribution in [3.8, 4) is 0 Å². The van der Waals surface area contributed by atoms with Crippen LogP contribution in [0.1, 0.15) is 4.88 Å². The fraction of sp³-hybridized carbons (Fsp3) is 0.0769. The maximum atomic E-state index is 12.4. The zero-order valence-electron chi connectivity index (χ0n) is 9.94. The zero-order chi connectivity index (χ0) is 14.3. The summed E-state index contributed by atoms with van der Waals surface area (Å²) < 4.78 is 2.20. The van der Waals surface area contributed by atoms with Crippen LogP contribution in [-0.2, 0) is 6.54 Å². The molecule has 0 radical (unpaired) electrons. The van der Waals surface area contributed by atoms with Crippen molar-refractivity contribution in [1.29, 1.82) is 0 Å². The molecule has 0 unspecified atom stereocenters. The Morgan fingerprint density at radius 1 is 1.20 bits per heavy atom. The molecule has 1 aromatic carbocycles. The maximum absolute atomic E-state index is 12.4. The maximum Gasteiger partial charge on any atom is 0.261 e. The van der Waals surface area contributed by atoms with Crippen LogP contribution in [0.3, 0.4) is 0 Å². The number of nitrogens with zero attached hydrogens (tertiary/aromatic N) is 2. The first-order valence-electron chi connectivity index (χ1n) is 5.63. The van der Waals surface area contributed by atoms with E-state index < -0.39 is 0 Å². The minimum Gasteiger partial charge on any atom is -0.293 e. The molecule has 102 valence electrons. The Hall–Kier alpha value is -1.07. The highest BCUT2D eigenvalue weighted by molar-refractivity contribution is 7.16. The van der Waals surface area contributed by atoms with Crippen LogP contribution in [0.5, 0.6) is 0 Å². The van der Waals surface area contributed by atoms with Crippen LogP contribution >= 0.6 is 46.1 Å². The molecule has 0 aliphatic carbocycles. The van der Waals surface area contributed by atoms with Gasteiger partial charge in [-0.2, -0.15) is 0 Å². The van der Waals surface area contributed by atoms with Gasteiger partial charge in [0.15, 0.2) is 0 Å². The van der Waals surface area contributed by atoms with E-state index in [1.165, 1.54) is 22.2 Å². The van der Waals surface area contributed by atoms with Crippen molar-refractivity contribution in [2.75, 3.05) is 0 Å². The third kappa shape index (κ3) is 2.56. The van der Waals surface area contributed by atoms with Gasteiger partial charge in [-0.1, -0.05) is 34.8 Å². The van der Waals surface area contributed by atoms with E-state index in [1.807, 2.05) is 6.07 Å². The monoisotopic (exact) mass is 344 g/mol. The summed E-state index contributed by atoms with van der Waals surface area (Å²) in [6.07, 6.45) is 1.48. The number of benzene rings is 1. The number of rotatable bonds is 2. The summed E-state index contributed by atoms with van der Waals surface area (Å²) in [5, 5.41) is 1.20. The second-order valence-corrected chi connectivity index (χ2v) is 6.81. The van der Waals surface area contributed by atoms with Gasteiger partial charge in [-0.15, -0.1) is 11.3 Å². The molecule has 0 saturated carbocycles. The first-order valence-corrected chi connectivity index (χ1v) is 7.58. The van der Waals surface area contributed by atoms with E-state index >= 15 is 0 Å². The Morgan fingerprint density at radius 2 is 2.00 bits per heavy atom. The Bertz CT molecular complexity index is 856. The molecule has 0 bridgehead atoms. The van der Waals surface area contributed by atoms with E-state index in [9.17, 15) is 4.79 Å². The lowest BCUT2D eigenvalue weighted by Crippen LogP contribution is -2.20. The summed E-state index contributed by atoms with van der Waals surface area (Å²) in [5.41, 5.74) is 0.283. The van der Waals surface area contributed by atoms with Gasteiger partial charge in [0.2, 0.25) is 0 Å². The third-order valence-corrected chi connectivity index (χ3v) is 4.52. The summed E-state index contributed by atoms with van der Waals surface area (Å²) in [5.74, 6) is 0. The molecule has 0 aliphatic rings. The first-order chi connectivity index (χ1) is 9.54. The normalized spacial score (nSPS) is 11.2. The number of hydrogen-bond acceptors (Lipinski definition) is 3. The Balaban J connectivity index is 2.14. The lowest BCUT2D eigenvalue weighted by atomic mass is 10.2. The zero-order valence-corrected chi connectivity index (χ0v) is 13.0. The standard InChI is InChI=1S/C13H7Cl3N2OS/c14-7-3-9-12(10(15)4-7)17-6-18(13(9)19)5-8-1-2-11(16)20-8/h1-4,6H,5H2. The number of halogens is 3. The van der Waals surface area contributed by atoms with E-state index in [-0.39, 0.29) is 5.56 Å². The van der Waals surface area contributed by atoms with Gasteiger partial charge in [0.1, 0.15) is 0 Å². The fourth-order valence-electron chi connectivity index (χ4n) is 1.91. The average Bonchev–Trinajstić information content (AvgIpc) is 2.79. The molecular weight excluding hydrogens is 339 g/mol. The van der Waals surface area contributed by atoms with E-state index in [0.717, 1.165) is 4.88 Å². The second kappa shape index (κ2) is 5.37. The molecule has 20 heavy (non-hydrogen) atoms. The van der Waals surface area contributed by atoms with Gasteiger partial charge in [0, 0.05) is 9.90 Å². The quantitative estimate of drug-likeness (QED) is 0.687. The van der Waals surface area contributed by atoms with Crippen molar-refractivity contribution < 1.29 is 0 Å². The summed E-state index contributed by atoms with van der Waals surface area (Å²) >= 11 is 19.3. The fourth-order valence-corrected chi connectivity index (χ4v) is 3.54. The van der Waals surface area contributed by atoms with Gasteiger partial charge < -0.3 is 0 Å². The van der Waals surface area contributed by atoms with Crippen molar-refractivity contribution in [2.24, 2.45) is 0 Å². The van der Waals surface area contributed by atoms with Crippen LogP contribution in [0.15, 0.2) is 35.4 Å². The molecule has 3 aromatic rings. The number of hydrogen-bond donors (Lipinski definition) is 0. The molecule has 7 heteroatoms. The van der Waals surface area contributed by atoms with Crippen LogP contribution in [0.25, 0.3) is 10.9 Å². The molecule has 2 heterocycles. The molecule has 0 amide bonds. The van der Waals surface area contributed by atoms with E-state index in [4.69, 9.17) is 34.8 Å². The van der Waals surface area contributed by atoms with Crippen LogP contribution in [0.4, 0.5) is 0 Å². The van der Waals surface area contributed by atoms with E-state index in [1.54, 1.807) is 18.2 Å². The molecule has 2 aromatic heterocycles. The van der Waals surface area contributed by atoms with E-state index in [0.29, 0.717) is 31.8 Å². The molecule has 3 rings (SSSR count). The molecule has 0 spiro atoms. The largest absolute Gasteiger partial charge is 0.293 e. The summed E-state index contributed by atoms with van der Waals surface area (Å²) in [6.45, 7) is 0.420. The molecule has 3 nitrogen and oxygen atoms in total. The van der Waals surface area contributed by atoms with Crippen molar-refractivity contribution in [2.45, 2.75) is 6.54 Å². The molecule has 0 fully saturated rings.